The Kier molecular flexibility index (Phi) is 43.9. The molecule has 83 heavy (non-hydrogen) atoms. The van der Waals surface area contributed by atoms with E-state index in [-0.39, 0.29) is 0 Å². The summed E-state index contributed by atoms with van der Waals surface area (Å²) in [5.41, 5.74) is -0.784. The van der Waals surface area contributed by atoms with Gasteiger partial charge in [-0.25, -0.2) is 0 Å². The van der Waals surface area contributed by atoms with Gasteiger partial charge in [-0.3, -0.25) is 0 Å². The van der Waals surface area contributed by atoms with Crippen LogP contribution in [0.3, 0.4) is 0 Å². The molecule has 0 aliphatic rings. The van der Waals surface area contributed by atoms with Crippen LogP contribution in [0.15, 0.2) is 97.1 Å². The maximum Gasteiger partial charge on any atom is 0.360 e. The lowest BCUT2D eigenvalue weighted by atomic mass is 10.0. The first-order valence-electron chi connectivity index (χ1n) is 34.1. The van der Waals surface area contributed by atoms with E-state index < -0.39 is 11.4 Å². The van der Waals surface area contributed by atoms with Crippen molar-refractivity contribution in [2.45, 2.75) is 310 Å². The van der Waals surface area contributed by atoms with Gasteiger partial charge in [0.2, 0.25) is 0 Å². The van der Waals surface area contributed by atoms with Crippen LogP contribution >= 0.6 is 42.0 Å². The van der Waals surface area contributed by atoms with Crippen molar-refractivity contribution in [3.63, 3.8) is 0 Å². The number of benzene rings is 4. The van der Waals surface area contributed by atoms with Gasteiger partial charge in [0, 0.05) is 44.4 Å². The van der Waals surface area contributed by atoms with Crippen LogP contribution in [0.1, 0.15) is 307 Å². The quantitative estimate of drug-likeness (QED) is 0.0244. The van der Waals surface area contributed by atoms with Crippen molar-refractivity contribution >= 4 is 65.7 Å². The molecule has 468 valence electrons. The molecule has 0 unspecified atom stereocenters. The van der Waals surface area contributed by atoms with Crippen LogP contribution in [-0.2, 0) is 49.3 Å². The molecule has 0 heterocycles. The van der Waals surface area contributed by atoms with Gasteiger partial charge in [-0.2, -0.15) is 0 Å². The number of hydrogen-bond acceptors (Lipinski definition) is 9. The molecule has 0 saturated heterocycles. The number of aryl methyl sites for hydroxylation is 4. The highest BCUT2D eigenvalue weighted by molar-refractivity contribution is 9.30. The lowest BCUT2D eigenvalue weighted by Crippen LogP contribution is -1.98. The molecule has 0 amide bonds. The molecule has 0 atom stereocenters. The third-order valence-electron chi connectivity index (χ3n) is 16.1. The highest BCUT2D eigenvalue weighted by Crippen LogP contribution is 2.74. The van der Waals surface area contributed by atoms with Crippen LogP contribution in [0.4, 0.5) is 0 Å². The Morgan fingerprint density at radius 1 is 0.241 bits per heavy atom. The summed E-state index contributed by atoms with van der Waals surface area (Å²) >= 11 is 12.9. The van der Waals surface area contributed by atoms with E-state index in [1.165, 1.54) is 310 Å². The van der Waals surface area contributed by atoms with Crippen molar-refractivity contribution in [3.8, 4) is 23.0 Å². The van der Waals surface area contributed by atoms with Crippen molar-refractivity contribution in [1.29, 1.82) is 0 Å². The first-order chi connectivity index (χ1) is 40.7. The molecule has 0 fully saturated rings. The molecule has 4 aromatic rings. The lowest BCUT2D eigenvalue weighted by Gasteiger charge is -2.25. The molecule has 0 aromatic heterocycles. The fourth-order valence-electron chi connectivity index (χ4n) is 10.8. The van der Waals surface area contributed by atoms with Crippen LogP contribution in [-0.4, -0.2) is 0 Å². The van der Waals surface area contributed by atoms with Crippen molar-refractivity contribution in [1.82, 2.24) is 0 Å². The highest BCUT2D eigenvalue weighted by Gasteiger charge is 2.31. The fraction of sp³-hybridized carbons (Fsp3) is 0.667. The Balaban J connectivity index is 1.41. The fourth-order valence-corrected chi connectivity index (χ4v) is 29.4. The van der Waals surface area contributed by atoms with E-state index in [4.69, 9.17) is 41.7 Å². The van der Waals surface area contributed by atoms with Crippen LogP contribution in [0, 0.1) is 0 Å². The summed E-state index contributed by atoms with van der Waals surface area (Å²) in [5.74, 6) is 2.88. The van der Waals surface area contributed by atoms with E-state index in [9.17, 15) is 0 Å². The molecule has 0 aliphatic heterocycles. The Morgan fingerprint density at radius 3 is 0.566 bits per heavy atom. The Hall–Kier alpha value is -1.57. The second-order valence-corrected chi connectivity index (χ2v) is 39.1. The highest BCUT2D eigenvalue weighted by atomic mass is 33.7. The Morgan fingerprint density at radius 2 is 0.398 bits per heavy atom. The van der Waals surface area contributed by atoms with Crippen LogP contribution in [0.2, 0.25) is 0 Å². The van der Waals surface area contributed by atoms with E-state index >= 15 is 0 Å². The zero-order chi connectivity index (χ0) is 59.0. The molecular weight excluding hydrogens is 1150 g/mol. The van der Waals surface area contributed by atoms with Gasteiger partial charge < -0.3 is 18.1 Å². The summed E-state index contributed by atoms with van der Waals surface area (Å²) in [4.78, 5) is 0. The minimum absolute atomic E-state index is 0.721. The van der Waals surface area contributed by atoms with Crippen molar-refractivity contribution in [2.24, 2.45) is 0 Å². The smallest absolute Gasteiger partial charge is 0.360 e. The topological polar surface area (TPSA) is 36.9 Å². The van der Waals surface area contributed by atoms with Crippen LogP contribution in [0.5, 0.6) is 23.0 Å². The van der Waals surface area contributed by atoms with Crippen molar-refractivity contribution < 1.29 is 18.1 Å². The van der Waals surface area contributed by atoms with Crippen LogP contribution in [0.25, 0.3) is 0 Å². The molecule has 4 rings (SSSR count). The molecule has 0 bridgehead atoms. The van der Waals surface area contributed by atoms with Gasteiger partial charge >= 0.3 is 11.4 Å². The average molecular weight is 1270 g/mol. The van der Waals surface area contributed by atoms with E-state index in [0.717, 1.165) is 48.7 Å². The minimum Gasteiger partial charge on any atom is -0.428 e. The zero-order valence-corrected chi connectivity index (χ0v) is 58.8. The average Bonchev–Trinajstić information content (AvgIpc) is 3.66. The largest absolute Gasteiger partial charge is 0.428 e. The SMILES string of the molecule is CCCCCCCCCCCCc1ccc(OP(=S)(Oc2ccc(CCCCCCCCCCCC)cc2)SSSP(=S)(Oc2ccc(CCCCCCCCCCCC)cc2)Oc2ccc(CCCCCCCCCCCC)cc2)cc1. The normalized spacial score (nSPS) is 11.8. The second kappa shape index (κ2) is 49.3. The predicted octanol–water partition coefficient (Wildman–Crippen LogP) is 27.6. The monoisotopic (exact) mass is 1270 g/mol. The van der Waals surface area contributed by atoms with E-state index in [2.05, 4.69) is 125 Å². The molecule has 0 aliphatic carbocycles. The maximum absolute atomic E-state index is 6.80. The third kappa shape index (κ3) is 37.8. The van der Waals surface area contributed by atoms with Gasteiger partial charge in [-0.1, -0.05) is 307 Å². The first-order valence-corrected chi connectivity index (χ1v) is 44.1. The Bertz CT molecular complexity index is 1920. The first kappa shape index (κ1) is 73.9. The minimum atomic E-state index is -3.05. The lowest BCUT2D eigenvalue weighted by molar-refractivity contribution is 0.506. The number of hydrogen-bond donors (Lipinski definition) is 0. The van der Waals surface area contributed by atoms with Crippen LogP contribution < -0.4 is 18.1 Å². The summed E-state index contributed by atoms with van der Waals surface area (Å²) < 4.78 is 27.2. The van der Waals surface area contributed by atoms with Gasteiger partial charge in [0.15, 0.2) is 0 Å². The molecule has 0 spiro atoms. The summed E-state index contributed by atoms with van der Waals surface area (Å²) in [7, 11) is 4.34. The summed E-state index contributed by atoms with van der Waals surface area (Å²) in [5, 5.41) is 0. The molecule has 4 nitrogen and oxygen atoms in total. The molecule has 4 aromatic carbocycles. The summed E-state index contributed by atoms with van der Waals surface area (Å²) in [6.07, 6.45) is 57.9. The van der Waals surface area contributed by atoms with Gasteiger partial charge in [0.25, 0.3) is 0 Å². The van der Waals surface area contributed by atoms with Gasteiger partial charge in [0.05, 0.1) is 0 Å². The van der Waals surface area contributed by atoms with Crippen molar-refractivity contribution in [3.05, 3.63) is 119 Å². The number of unbranched alkanes of at least 4 members (excludes halogenated alkanes) is 36. The number of rotatable bonds is 56. The molecule has 11 heteroatoms. The second-order valence-electron chi connectivity index (χ2n) is 23.8. The molecular formula is C72H116O4P2S5. The van der Waals surface area contributed by atoms with E-state index in [1.54, 1.807) is 0 Å². The van der Waals surface area contributed by atoms with Crippen molar-refractivity contribution in [2.75, 3.05) is 0 Å². The van der Waals surface area contributed by atoms with Gasteiger partial charge in [0.1, 0.15) is 23.0 Å². The summed E-state index contributed by atoms with van der Waals surface area (Å²) in [6, 6.07) is 34.2. The Labute approximate surface area is 532 Å². The van der Waals surface area contributed by atoms with E-state index in [0.29, 0.717) is 0 Å². The van der Waals surface area contributed by atoms with Gasteiger partial charge in [-0.05, 0) is 132 Å². The predicted molar refractivity (Wildman–Crippen MR) is 382 cm³/mol. The molecule has 0 N–H and O–H groups in total. The zero-order valence-electron chi connectivity index (χ0n) is 52.9. The standard InChI is InChI=1S/C72H116O4P2S5/c1-5-9-13-17-21-25-29-33-37-41-45-65-49-57-69(58-50-65)73-77(79,74-70-59-51-66(52-60-70)46-42-38-34-30-26-22-18-14-10-6-2)81-83-82-78(80,75-71-61-53-67(54-62-71)47-43-39-35-31-27-23-19-15-11-7-3)76-72-63-55-68(56-64-72)48-44-40-36-32-28-24-20-16-12-8-4/h49-64H,5-48H2,1-4H3. The van der Waals surface area contributed by atoms with E-state index in [1.807, 2.05) is 0 Å². The third-order valence-corrected chi connectivity index (χ3v) is 32.5. The summed E-state index contributed by atoms with van der Waals surface area (Å²) in [6.45, 7) is 9.16. The van der Waals surface area contributed by atoms with Gasteiger partial charge in [-0.15, -0.1) is 0 Å². The molecule has 0 saturated carbocycles. The molecule has 0 radical (unpaired) electrons. The maximum atomic E-state index is 6.80.